The first-order valence-corrected chi connectivity index (χ1v) is 4.62. The molecule has 0 fully saturated rings. The van der Waals surface area contributed by atoms with Crippen LogP contribution in [0.15, 0.2) is 9.98 Å². The van der Waals surface area contributed by atoms with Crippen LogP contribution in [-0.2, 0) is 14.3 Å². The van der Waals surface area contributed by atoms with E-state index in [-0.39, 0.29) is 29.7 Å². The predicted molar refractivity (Wildman–Crippen MR) is 50.7 cm³/mol. The highest BCUT2D eigenvalue weighted by atomic mass is 16.5. The van der Waals surface area contributed by atoms with Gasteiger partial charge in [-0.2, -0.15) is 0 Å². The van der Waals surface area contributed by atoms with E-state index in [2.05, 4.69) is 9.98 Å². The van der Waals surface area contributed by atoms with Crippen molar-refractivity contribution in [2.75, 3.05) is 13.2 Å². The van der Waals surface area contributed by atoms with Crippen LogP contribution < -0.4 is 0 Å². The fourth-order valence-corrected chi connectivity index (χ4v) is 1.29. The summed E-state index contributed by atoms with van der Waals surface area (Å²) in [6, 6.07) is 0.0988. The zero-order valence-electron chi connectivity index (χ0n) is 8.19. The number of carbonyl (C=O) groups is 1. The first-order valence-electron chi connectivity index (χ1n) is 4.62. The second kappa shape index (κ2) is 3.40. The smallest absolute Gasteiger partial charge is 0.301 e. The third kappa shape index (κ3) is 1.62. The number of ketones is 1. The Labute approximate surface area is 81.8 Å². The van der Waals surface area contributed by atoms with Crippen molar-refractivity contribution in [3.05, 3.63) is 0 Å². The van der Waals surface area contributed by atoms with Gasteiger partial charge in [0.25, 0.3) is 11.8 Å². The van der Waals surface area contributed by atoms with Crippen molar-refractivity contribution in [3.63, 3.8) is 0 Å². The van der Waals surface area contributed by atoms with Crippen LogP contribution in [0.25, 0.3) is 0 Å². The van der Waals surface area contributed by atoms with Gasteiger partial charge in [-0.1, -0.05) is 0 Å². The van der Waals surface area contributed by atoms with E-state index in [4.69, 9.17) is 9.47 Å². The molecule has 0 aromatic carbocycles. The quantitative estimate of drug-likeness (QED) is 0.633. The first kappa shape index (κ1) is 9.18. The van der Waals surface area contributed by atoms with Crippen LogP contribution in [0, 0.1) is 0 Å². The van der Waals surface area contributed by atoms with Gasteiger partial charge < -0.3 is 9.47 Å². The molecule has 14 heavy (non-hydrogen) atoms. The Bertz CT molecular complexity index is 292. The molecule has 2 unspecified atom stereocenters. The predicted octanol–water partition coefficient (Wildman–Crippen LogP) is 0.190. The van der Waals surface area contributed by atoms with Crippen LogP contribution in [0.3, 0.4) is 0 Å². The molecule has 0 bridgehead atoms. The molecule has 2 rings (SSSR count). The van der Waals surface area contributed by atoms with E-state index >= 15 is 0 Å². The molecule has 5 nitrogen and oxygen atoms in total. The summed E-state index contributed by atoms with van der Waals surface area (Å²) in [4.78, 5) is 19.7. The van der Waals surface area contributed by atoms with Gasteiger partial charge in [-0.25, -0.2) is 9.98 Å². The van der Waals surface area contributed by atoms with Crippen LogP contribution >= 0.6 is 0 Å². The van der Waals surface area contributed by atoms with Crippen molar-refractivity contribution in [1.29, 1.82) is 0 Å². The van der Waals surface area contributed by atoms with E-state index in [1.54, 1.807) is 0 Å². The molecule has 2 atom stereocenters. The summed E-state index contributed by atoms with van der Waals surface area (Å²) < 4.78 is 10.2. The molecule has 2 aliphatic rings. The van der Waals surface area contributed by atoms with Crippen LogP contribution in [0.4, 0.5) is 0 Å². The maximum absolute atomic E-state index is 11.6. The maximum atomic E-state index is 11.6. The minimum absolute atomic E-state index is 0.0494. The van der Waals surface area contributed by atoms with Crippen LogP contribution in [0.2, 0.25) is 0 Å². The molecule has 0 saturated carbocycles. The normalized spacial score (nSPS) is 30.4. The van der Waals surface area contributed by atoms with E-state index in [1.807, 2.05) is 13.8 Å². The van der Waals surface area contributed by atoms with Crippen LogP contribution in [0.1, 0.15) is 13.8 Å². The highest BCUT2D eigenvalue weighted by Gasteiger charge is 2.30. The van der Waals surface area contributed by atoms with Gasteiger partial charge in [0.2, 0.25) is 0 Å². The number of hydrogen-bond donors (Lipinski definition) is 0. The largest absolute Gasteiger partial charge is 0.473 e. The topological polar surface area (TPSA) is 60.2 Å². The number of hydrogen-bond acceptors (Lipinski definition) is 5. The lowest BCUT2D eigenvalue weighted by Crippen LogP contribution is -2.24. The Morgan fingerprint density at radius 1 is 1.14 bits per heavy atom. The van der Waals surface area contributed by atoms with Gasteiger partial charge in [-0.15, -0.1) is 0 Å². The average Bonchev–Trinajstić information content (AvgIpc) is 2.73. The lowest BCUT2D eigenvalue weighted by Gasteiger charge is -1.99. The minimum Gasteiger partial charge on any atom is -0.473 e. The zero-order chi connectivity index (χ0) is 10.1. The molecule has 0 aromatic heterocycles. The molecule has 0 N–H and O–H groups in total. The average molecular weight is 196 g/mol. The van der Waals surface area contributed by atoms with Gasteiger partial charge >= 0.3 is 5.78 Å². The summed E-state index contributed by atoms with van der Waals surface area (Å²) in [6.07, 6.45) is 0. The monoisotopic (exact) mass is 196 g/mol. The Balaban J connectivity index is 2.09. The SMILES string of the molecule is CC1COC(C(=O)C2=NC(C)CO2)=N1. The van der Waals surface area contributed by atoms with Gasteiger partial charge in [0.05, 0.1) is 12.1 Å². The molecule has 0 radical (unpaired) electrons. The molecule has 0 amide bonds. The number of rotatable bonds is 2. The van der Waals surface area contributed by atoms with E-state index in [1.165, 1.54) is 0 Å². The van der Waals surface area contributed by atoms with Crippen molar-refractivity contribution in [1.82, 2.24) is 0 Å². The highest BCUT2D eigenvalue weighted by molar-refractivity contribution is 6.63. The molecular weight excluding hydrogens is 184 g/mol. The Kier molecular flexibility index (Phi) is 2.23. The van der Waals surface area contributed by atoms with Crippen LogP contribution in [-0.4, -0.2) is 42.9 Å². The molecule has 2 aliphatic heterocycles. The standard InChI is InChI=1S/C9H12N2O3/c1-5-3-13-8(10-5)7(12)9-11-6(2)4-14-9/h5-6H,3-4H2,1-2H3. The number of ether oxygens (including phenoxy) is 2. The molecule has 5 heteroatoms. The summed E-state index contributed by atoms with van der Waals surface area (Å²) in [5, 5.41) is 0. The molecule has 0 saturated heterocycles. The van der Waals surface area contributed by atoms with Gasteiger partial charge in [0, 0.05) is 0 Å². The first-order chi connectivity index (χ1) is 6.66. The maximum Gasteiger partial charge on any atom is 0.301 e. The number of carbonyl (C=O) groups excluding carboxylic acids is 1. The Morgan fingerprint density at radius 2 is 1.57 bits per heavy atom. The third-order valence-electron chi connectivity index (χ3n) is 1.99. The van der Waals surface area contributed by atoms with E-state index in [0.717, 1.165) is 0 Å². The van der Waals surface area contributed by atoms with E-state index in [0.29, 0.717) is 13.2 Å². The van der Waals surface area contributed by atoms with Crippen LogP contribution in [0.5, 0.6) is 0 Å². The van der Waals surface area contributed by atoms with Crippen molar-refractivity contribution in [2.24, 2.45) is 9.98 Å². The third-order valence-corrected chi connectivity index (χ3v) is 1.99. The number of aliphatic imine (C=N–C) groups is 2. The van der Waals surface area contributed by atoms with Gasteiger partial charge in [-0.3, -0.25) is 4.79 Å². The molecule has 2 heterocycles. The second-order valence-electron chi connectivity index (χ2n) is 3.52. The van der Waals surface area contributed by atoms with Crippen molar-refractivity contribution < 1.29 is 14.3 Å². The molecule has 0 aliphatic carbocycles. The molecular formula is C9H12N2O3. The summed E-state index contributed by atoms with van der Waals surface area (Å²) in [7, 11) is 0. The lowest BCUT2D eigenvalue weighted by atomic mass is 10.4. The van der Waals surface area contributed by atoms with Crippen molar-refractivity contribution in [2.45, 2.75) is 25.9 Å². The lowest BCUT2D eigenvalue weighted by molar-refractivity contribution is -0.109. The zero-order valence-corrected chi connectivity index (χ0v) is 8.19. The summed E-state index contributed by atoms with van der Waals surface area (Å²) in [6.45, 7) is 4.70. The molecule has 0 spiro atoms. The summed E-state index contributed by atoms with van der Waals surface area (Å²) in [5.41, 5.74) is 0. The van der Waals surface area contributed by atoms with Gasteiger partial charge in [0.15, 0.2) is 0 Å². The minimum atomic E-state index is -0.335. The fourth-order valence-electron chi connectivity index (χ4n) is 1.29. The fraction of sp³-hybridized carbons (Fsp3) is 0.667. The van der Waals surface area contributed by atoms with E-state index in [9.17, 15) is 4.79 Å². The van der Waals surface area contributed by atoms with Gasteiger partial charge in [-0.05, 0) is 13.8 Å². The number of Topliss-reactive ketones (excluding diaryl/α,β-unsaturated/α-hetero) is 1. The van der Waals surface area contributed by atoms with Crippen molar-refractivity contribution >= 4 is 17.6 Å². The highest BCUT2D eigenvalue weighted by Crippen LogP contribution is 2.09. The van der Waals surface area contributed by atoms with Gasteiger partial charge in [0.1, 0.15) is 13.2 Å². The molecule has 0 aromatic rings. The summed E-state index contributed by atoms with van der Waals surface area (Å²) in [5.74, 6) is -0.0746. The second-order valence-corrected chi connectivity index (χ2v) is 3.52. The Hall–Kier alpha value is -1.39. The Morgan fingerprint density at radius 3 is 1.86 bits per heavy atom. The van der Waals surface area contributed by atoms with E-state index < -0.39 is 0 Å². The molecule has 76 valence electrons. The number of nitrogens with zero attached hydrogens (tertiary/aromatic N) is 2. The van der Waals surface area contributed by atoms with Crippen molar-refractivity contribution in [3.8, 4) is 0 Å². The summed E-state index contributed by atoms with van der Waals surface area (Å²) >= 11 is 0.